The van der Waals surface area contributed by atoms with E-state index in [2.05, 4.69) is 10.0 Å². The van der Waals surface area contributed by atoms with Crippen molar-refractivity contribution in [2.45, 2.75) is 18.7 Å². The minimum absolute atomic E-state index is 0.0172. The van der Waals surface area contributed by atoms with Crippen LogP contribution in [0.4, 0.5) is 0 Å². The quantitative estimate of drug-likeness (QED) is 0.637. The monoisotopic (exact) mass is 376 g/mol. The van der Waals surface area contributed by atoms with Gasteiger partial charge in [-0.25, -0.2) is 17.9 Å². The lowest BCUT2D eigenvalue weighted by Gasteiger charge is -2.11. The number of hydrogen-bond donors (Lipinski definition) is 3. The number of rotatable bonds is 7. The van der Waals surface area contributed by atoms with Crippen LogP contribution in [0, 0.1) is 13.8 Å². The lowest BCUT2D eigenvalue weighted by atomic mass is 10.1. The van der Waals surface area contributed by atoms with E-state index in [9.17, 15) is 18.0 Å². The molecule has 26 heavy (non-hydrogen) atoms. The molecule has 2 rings (SSSR count). The Morgan fingerprint density at radius 2 is 1.65 bits per heavy atom. The molecule has 3 N–H and O–H groups in total. The Morgan fingerprint density at radius 1 is 1.00 bits per heavy atom. The van der Waals surface area contributed by atoms with Gasteiger partial charge in [0.1, 0.15) is 0 Å². The fraction of sp³-hybridized carbons (Fsp3) is 0.222. The Hall–Kier alpha value is -2.71. The summed E-state index contributed by atoms with van der Waals surface area (Å²) in [5.41, 5.74) is 1.37. The molecular formula is C18H20N2O5S. The van der Waals surface area contributed by atoms with E-state index in [1.807, 2.05) is 6.07 Å². The highest BCUT2D eigenvalue weighted by Crippen LogP contribution is 2.16. The van der Waals surface area contributed by atoms with Crippen LogP contribution in [0.2, 0.25) is 0 Å². The van der Waals surface area contributed by atoms with Crippen LogP contribution in [0.5, 0.6) is 0 Å². The number of sulfonamides is 1. The first kappa shape index (κ1) is 19.6. The van der Waals surface area contributed by atoms with E-state index in [-0.39, 0.29) is 29.1 Å². The fourth-order valence-electron chi connectivity index (χ4n) is 2.40. The van der Waals surface area contributed by atoms with E-state index in [1.54, 1.807) is 32.0 Å². The van der Waals surface area contributed by atoms with Gasteiger partial charge in [-0.2, -0.15) is 0 Å². The van der Waals surface area contributed by atoms with Crippen LogP contribution >= 0.6 is 0 Å². The highest BCUT2D eigenvalue weighted by molar-refractivity contribution is 7.89. The number of carbonyl (C=O) groups is 2. The predicted molar refractivity (Wildman–Crippen MR) is 96.8 cm³/mol. The van der Waals surface area contributed by atoms with Crippen molar-refractivity contribution in [1.29, 1.82) is 0 Å². The van der Waals surface area contributed by atoms with Crippen molar-refractivity contribution in [3.8, 4) is 0 Å². The first-order chi connectivity index (χ1) is 12.2. The molecule has 0 aromatic heterocycles. The smallest absolute Gasteiger partial charge is 0.336 e. The lowest BCUT2D eigenvalue weighted by molar-refractivity contribution is 0.0691. The van der Waals surface area contributed by atoms with Crippen molar-refractivity contribution in [2.75, 3.05) is 13.1 Å². The molecule has 0 aliphatic rings. The number of nitrogens with one attached hydrogen (secondary N) is 2. The number of aryl methyl sites for hydroxylation is 2. The van der Waals surface area contributed by atoms with Gasteiger partial charge in [0.2, 0.25) is 10.0 Å². The number of aromatic carboxylic acids is 1. The summed E-state index contributed by atoms with van der Waals surface area (Å²) in [5.74, 6) is -1.78. The Bertz CT molecular complexity index is 938. The third-order valence-corrected chi connectivity index (χ3v) is 5.34. The molecule has 0 saturated heterocycles. The van der Waals surface area contributed by atoms with Crippen LogP contribution in [0.25, 0.3) is 0 Å². The number of hydrogen-bond acceptors (Lipinski definition) is 4. The SMILES string of the molecule is Cc1ccc(C)c(S(=O)(=O)NCCNC(=O)c2ccccc2C(=O)O)c1. The molecule has 0 heterocycles. The number of benzene rings is 2. The van der Waals surface area contributed by atoms with Gasteiger partial charge in [0.15, 0.2) is 0 Å². The maximum atomic E-state index is 12.4. The van der Waals surface area contributed by atoms with E-state index in [1.165, 1.54) is 18.2 Å². The maximum absolute atomic E-state index is 12.4. The van der Waals surface area contributed by atoms with Gasteiger partial charge in [-0.3, -0.25) is 4.79 Å². The van der Waals surface area contributed by atoms with E-state index < -0.39 is 21.9 Å². The molecule has 0 fully saturated rings. The number of carboxylic acid groups (broad SMARTS) is 1. The van der Waals surface area contributed by atoms with Crippen molar-refractivity contribution in [1.82, 2.24) is 10.0 Å². The molecule has 0 radical (unpaired) electrons. The van der Waals surface area contributed by atoms with Crippen molar-refractivity contribution in [3.05, 3.63) is 64.7 Å². The number of carboxylic acids is 1. The first-order valence-corrected chi connectivity index (χ1v) is 9.38. The summed E-state index contributed by atoms with van der Waals surface area (Å²) in [6, 6.07) is 11.0. The highest BCUT2D eigenvalue weighted by atomic mass is 32.2. The van der Waals surface area contributed by atoms with Gasteiger partial charge in [0.05, 0.1) is 16.0 Å². The van der Waals surface area contributed by atoms with E-state index >= 15 is 0 Å². The van der Waals surface area contributed by atoms with Gasteiger partial charge in [0, 0.05) is 13.1 Å². The Kier molecular flexibility index (Phi) is 6.12. The highest BCUT2D eigenvalue weighted by Gasteiger charge is 2.18. The molecule has 0 unspecified atom stereocenters. The third kappa shape index (κ3) is 4.68. The second-order valence-corrected chi connectivity index (χ2v) is 7.51. The second-order valence-electron chi connectivity index (χ2n) is 5.77. The summed E-state index contributed by atoms with van der Waals surface area (Å²) >= 11 is 0. The Labute approximate surface area is 152 Å². The van der Waals surface area contributed by atoms with Gasteiger partial charge in [-0.15, -0.1) is 0 Å². The van der Waals surface area contributed by atoms with Gasteiger partial charge < -0.3 is 10.4 Å². The summed E-state index contributed by atoms with van der Waals surface area (Å²) in [7, 11) is -3.69. The average molecular weight is 376 g/mol. The molecule has 0 saturated carbocycles. The normalized spacial score (nSPS) is 11.2. The predicted octanol–water partition coefficient (Wildman–Crippen LogP) is 1.71. The fourth-order valence-corrected chi connectivity index (χ4v) is 3.76. The largest absolute Gasteiger partial charge is 0.478 e. The minimum Gasteiger partial charge on any atom is -0.478 e. The van der Waals surface area contributed by atoms with Gasteiger partial charge in [-0.05, 0) is 43.2 Å². The first-order valence-electron chi connectivity index (χ1n) is 7.90. The topological polar surface area (TPSA) is 113 Å². The molecule has 2 aromatic carbocycles. The van der Waals surface area contributed by atoms with Crippen molar-refractivity contribution < 1.29 is 23.1 Å². The summed E-state index contributed by atoms with van der Waals surface area (Å²) in [6.07, 6.45) is 0. The zero-order valence-corrected chi connectivity index (χ0v) is 15.3. The molecule has 8 heteroatoms. The molecular weight excluding hydrogens is 356 g/mol. The molecule has 0 atom stereocenters. The molecule has 0 spiro atoms. The van der Waals surface area contributed by atoms with Crippen LogP contribution in [-0.4, -0.2) is 38.5 Å². The van der Waals surface area contributed by atoms with Gasteiger partial charge in [-0.1, -0.05) is 24.3 Å². The van der Waals surface area contributed by atoms with Crippen molar-refractivity contribution >= 4 is 21.9 Å². The average Bonchev–Trinajstić information content (AvgIpc) is 2.60. The summed E-state index contributed by atoms with van der Waals surface area (Å²) < 4.78 is 27.2. The standard InChI is InChI=1S/C18H20N2O5S/c1-12-7-8-13(2)16(11-12)26(24,25)20-10-9-19-17(21)14-5-3-4-6-15(14)18(22)23/h3-8,11,20H,9-10H2,1-2H3,(H,19,21)(H,22,23). The Morgan fingerprint density at radius 3 is 2.31 bits per heavy atom. The molecule has 0 bridgehead atoms. The molecule has 0 aliphatic carbocycles. The van der Waals surface area contributed by atoms with Crippen molar-refractivity contribution in [3.63, 3.8) is 0 Å². The maximum Gasteiger partial charge on any atom is 0.336 e. The van der Waals surface area contributed by atoms with E-state index in [0.717, 1.165) is 5.56 Å². The van der Waals surface area contributed by atoms with Crippen LogP contribution in [0.15, 0.2) is 47.4 Å². The zero-order chi connectivity index (χ0) is 19.3. The van der Waals surface area contributed by atoms with Gasteiger partial charge >= 0.3 is 5.97 Å². The molecule has 0 aliphatic heterocycles. The molecule has 138 valence electrons. The summed E-state index contributed by atoms with van der Waals surface area (Å²) in [6.45, 7) is 3.52. The Balaban J connectivity index is 1.97. The number of carbonyl (C=O) groups excluding carboxylic acids is 1. The van der Waals surface area contributed by atoms with Crippen LogP contribution < -0.4 is 10.0 Å². The summed E-state index contributed by atoms with van der Waals surface area (Å²) in [4.78, 5) is 23.4. The minimum atomic E-state index is -3.69. The molecule has 7 nitrogen and oxygen atoms in total. The third-order valence-electron chi connectivity index (χ3n) is 3.74. The molecule has 1 amide bonds. The zero-order valence-electron chi connectivity index (χ0n) is 14.4. The van der Waals surface area contributed by atoms with Crippen LogP contribution in [0.3, 0.4) is 0 Å². The van der Waals surface area contributed by atoms with Gasteiger partial charge in [0.25, 0.3) is 5.91 Å². The molecule has 2 aromatic rings. The second kappa shape index (κ2) is 8.11. The van der Waals surface area contributed by atoms with Crippen molar-refractivity contribution in [2.24, 2.45) is 0 Å². The number of amides is 1. The van der Waals surface area contributed by atoms with E-state index in [4.69, 9.17) is 5.11 Å². The van der Waals surface area contributed by atoms with E-state index in [0.29, 0.717) is 5.56 Å². The summed E-state index contributed by atoms with van der Waals surface area (Å²) in [5, 5.41) is 11.6. The lowest BCUT2D eigenvalue weighted by Crippen LogP contribution is -2.35. The van der Waals surface area contributed by atoms with Crippen LogP contribution in [0.1, 0.15) is 31.8 Å². The van der Waals surface area contributed by atoms with Crippen LogP contribution in [-0.2, 0) is 10.0 Å².